The van der Waals surface area contributed by atoms with Gasteiger partial charge in [-0.2, -0.15) is 0 Å². The van der Waals surface area contributed by atoms with E-state index in [1.165, 1.54) is 0 Å². The molecule has 0 saturated carbocycles. The van der Waals surface area contributed by atoms with E-state index in [1.54, 1.807) is 29.2 Å². The van der Waals surface area contributed by atoms with Gasteiger partial charge in [0.05, 0.1) is 11.1 Å². The summed E-state index contributed by atoms with van der Waals surface area (Å²) in [6.45, 7) is 3.88. The zero-order valence-corrected chi connectivity index (χ0v) is 17.3. The van der Waals surface area contributed by atoms with E-state index in [0.717, 1.165) is 16.5 Å². The summed E-state index contributed by atoms with van der Waals surface area (Å²) in [7, 11) is 3.86. The Morgan fingerprint density at radius 1 is 1.00 bits per heavy atom. The lowest BCUT2D eigenvalue weighted by Crippen LogP contribution is -2.52. The average molecular weight is 408 g/mol. The molecule has 3 amide bonds. The van der Waals surface area contributed by atoms with Gasteiger partial charge in [-0.15, -0.1) is 0 Å². The Kier molecular flexibility index (Phi) is 5.11. The second kappa shape index (κ2) is 7.74. The summed E-state index contributed by atoms with van der Waals surface area (Å²) in [6, 6.07) is 8.59. The minimum Gasteiger partial charge on any atom is -0.363 e. The molecule has 156 valence electrons. The smallest absolute Gasteiger partial charge is 0.262 e. The quantitative estimate of drug-likeness (QED) is 0.691. The lowest BCUT2D eigenvalue weighted by molar-refractivity contribution is -0.131. The maximum absolute atomic E-state index is 12.8. The molecule has 0 N–H and O–H groups in total. The molecule has 1 fully saturated rings. The van der Waals surface area contributed by atoms with Crippen LogP contribution in [0.3, 0.4) is 0 Å². The molecule has 0 atom stereocenters. The summed E-state index contributed by atoms with van der Waals surface area (Å²) >= 11 is 0. The molecule has 9 heteroatoms. The van der Waals surface area contributed by atoms with Crippen molar-refractivity contribution in [2.45, 2.75) is 6.92 Å². The van der Waals surface area contributed by atoms with Gasteiger partial charge in [-0.05, 0) is 19.1 Å². The van der Waals surface area contributed by atoms with E-state index in [4.69, 9.17) is 0 Å². The SMILES string of the molecule is Cc1nc(N(C)C)cc(N2CCN(C(=O)CN3C(=O)c4ccccc4C3=O)CC2)n1. The molecule has 1 aromatic carbocycles. The molecule has 4 rings (SSSR count). The Labute approximate surface area is 174 Å². The molecule has 1 aromatic heterocycles. The Morgan fingerprint density at radius 3 is 2.17 bits per heavy atom. The van der Waals surface area contributed by atoms with Crippen molar-refractivity contribution < 1.29 is 14.4 Å². The molecule has 3 heterocycles. The molecule has 0 unspecified atom stereocenters. The van der Waals surface area contributed by atoms with Crippen molar-refractivity contribution in [1.82, 2.24) is 19.8 Å². The molecule has 0 radical (unpaired) electrons. The molecule has 9 nitrogen and oxygen atoms in total. The number of hydrogen-bond acceptors (Lipinski definition) is 7. The minimum atomic E-state index is -0.407. The summed E-state index contributed by atoms with van der Waals surface area (Å²) in [5.74, 6) is 1.32. The summed E-state index contributed by atoms with van der Waals surface area (Å²) in [6.07, 6.45) is 0. The fraction of sp³-hybridized carbons (Fsp3) is 0.381. The Balaban J connectivity index is 1.39. The van der Waals surface area contributed by atoms with Crippen LogP contribution < -0.4 is 9.80 Å². The lowest BCUT2D eigenvalue weighted by atomic mass is 10.1. The van der Waals surface area contributed by atoms with Crippen molar-refractivity contribution in [3.63, 3.8) is 0 Å². The van der Waals surface area contributed by atoms with Crippen LogP contribution in [0.25, 0.3) is 0 Å². The number of carbonyl (C=O) groups is 3. The number of hydrogen-bond donors (Lipinski definition) is 0. The van der Waals surface area contributed by atoms with Gasteiger partial charge in [0.1, 0.15) is 24.0 Å². The van der Waals surface area contributed by atoms with Gasteiger partial charge in [-0.1, -0.05) is 12.1 Å². The first-order chi connectivity index (χ1) is 14.3. The number of imide groups is 1. The summed E-state index contributed by atoms with van der Waals surface area (Å²) < 4.78 is 0. The number of aryl methyl sites for hydroxylation is 1. The molecular weight excluding hydrogens is 384 g/mol. The van der Waals surface area contributed by atoms with Crippen molar-refractivity contribution in [2.24, 2.45) is 0 Å². The van der Waals surface area contributed by atoms with Crippen LogP contribution in [0.15, 0.2) is 30.3 Å². The van der Waals surface area contributed by atoms with Crippen LogP contribution in [0, 0.1) is 6.92 Å². The molecule has 0 bridgehead atoms. The standard InChI is InChI=1S/C21H24N6O3/c1-14-22-17(24(2)3)12-18(23-14)25-8-10-26(11-9-25)19(28)13-27-20(29)15-6-4-5-7-16(15)21(27)30/h4-7,12H,8-11,13H2,1-3H3. The normalized spacial score (nSPS) is 16.2. The topological polar surface area (TPSA) is 90.0 Å². The van der Waals surface area contributed by atoms with Gasteiger partial charge >= 0.3 is 0 Å². The van der Waals surface area contributed by atoms with E-state index in [2.05, 4.69) is 14.9 Å². The van der Waals surface area contributed by atoms with Gasteiger partial charge in [0.15, 0.2) is 0 Å². The van der Waals surface area contributed by atoms with Crippen molar-refractivity contribution in [3.8, 4) is 0 Å². The summed E-state index contributed by atoms with van der Waals surface area (Å²) in [5, 5.41) is 0. The van der Waals surface area contributed by atoms with E-state index in [0.29, 0.717) is 43.1 Å². The first-order valence-corrected chi connectivity index (χ1v) is 9.86. The number of aromatic nitrogens is 2. The van der Waals surface area contributed by atoms with Crippen LogP contribution in [0.2, 0.25) is 0 Å². The monoisotopic (exact) mass is 408 g/mol. The van der Waals surface area contributed by atoms with Gasteiger partial charge in [0, 0.05) is 46.3 Å². The molecule has 1 saturated heterocycles. The largest absolute Gasteiger partial charge is 0.363 e. The van der Waals surface area contributed by atoms with E-state index >= 15 is 0 Å². The second-order valence-corrected chi connectivity index (χ2v) is 7.64. The Bertz CT molecular complexity index is 979. The summed E-state index contributed by atoms with van der Waals surface area (Å²) in [5.41, 5.74) is 0.715. The maximum Gasteiger partial charge on any atom is 0.262 e. The molecular formula is C21H24N6O3. The third kappa shape index (κ3) is 3.58. The van der Waals surface area contributed by atoms with Gasteiger partial charge in [-0.25, -0.2) is 9.97 Å². The van der Waals surface area contributed by atoms with E-state index in [1.807, 2.05) is 32.0 Å². The first-order valence-electron chi connectivity index (χ1n) is 9.86. The molecule has 2 aromatic rings. The van der Waals surface area contributed by atoms with Crippen molar-refractivity contribution in [1.29, 1.82) is 0 Å². The van der Waals surface area contributed by atoms with Gasteiger partial charge in [-0.3, -0.25) is 19.3 Å². The highest BCUT2D eigenvalue weighted by Gasteiger charge is 2.37. The van der Waals surface area contributed by atoms with Crippen LogP contribution in [-0.2, 0) is 4.79 Å². The second-order valence-electron chi connectivity index (χ2n) is 7.64. The minimum absolute atomic E-state index is 0.225. The molecule has 2 aliphatic heterocycles. The van der Waals surface area contributed by atoms with Crippen molar-refractivity contribution in [2.75, 3.05) is 56.6 Å². The Hall–Kier alpha value is -3.49. The van der Waals surface area contributed by atoms with E-state index in [9.17, 15) is 14.4 Å². The summed E-state index contributed by atoms with van der Waals surface area (Å²) in [4.78, 5) is 53.5. The fourth-order valence-corrected chi connectivity index (χ4v) is 3.73. The first kappa shape index (κ1) is 19.8. The zero-order valence-electron chi connectivity index (χ0n) is 17.3. The van der Waals surface area contributed by atoms with E-state index < -0.39 is 11.8 Å². The number of benzene rings is 1. The fourth-order valence-electron chi connectivity index (χ4n) is 3.73. The number of rotatable bonds is 4. The van der Waals surface area contributed by atoms with Crippen LogP contribution in [0.1, 0.15) is 26.5 Å². The van der Waals surface area contributed by atoms with Crippen molar-refractivity contribution in [3.05, 3.63) is 47.3 Å². The maximum atomic E-state index is 12.8. The molecule has 0 spiro atoms. The number of fused-ring (bicyclic) bond motifs is 1. The van der Waals surface area contributed by atoms with E-state index in [-0.39, 0.29) is 12.5 Å². The number of carbonyl (C=O) groups excluding carboxylic acids is 3. The van der Waals surface area contributed by atoms with Crippen LogP contribution in [0.4, 0.5) is 11.6 Å². The van der Waals surface area contributed by atoms with Gasteiger partial charge in [0.25, 0.3) is 11.8 Å². The highest BCUT2D eigenvalue weighted by atomic mass is 16.2. The molecule has 0 aliphatic carbocycles. The van der Waals surface area contributed by atoms with Crippen LogP contribution in [0.5, 0.6) is 0 Å². The lowest BCUT2D eigenvalue weighted by Gasteiger charge is -2.36. The van der Waals surface area contributed by atoms with Crippen LogP contribution >= 0.6 is 0 Å². The third-order valence-electron chi connectivity index (χ3n) is 5.40. The highest BCUT2D eigenvalue weighted by Crippen LogP contribution is 2.23. The predicted octanol–water partition coefficient (Wildman–Crippen LogP) is 0.796. The van der Waals surface area contributed by atoms with Gasteiger partial charge < -0.3 is 14.7 Å². The average Bonchev–Trinajstić information content (AvgIpc) is 2.98. The number of piperazine rings is 1. The third-order valence-corrected chi connectivity index (χ3v) is 5.40. The number of anilines is 2. The van der Waals surface area contributed by atoms with Gasteiger partial charge in [0.2, 0.25) is 5.91 Å². The Morgan fingerprint density at radius 2 is 1.60 bits per heavy atom. The zero-order chi connectivity index (χ0) is 21.4. The van der Waals surface area contributed by atoms with Crippen LogP contribution in [-0.4, -0.2) is 84.3 Å². The molecule has 2 aliphatic rings. The highest BCUT2D eigenvalue weighted by molar-refractivity contribution is 6.22. The predicted molar refractivity (Wildman–Crippen MR) is 112 cm³/mol. The number of amides is 3. The number of nitrogens with zero attached hydrogens (tertiary/aromatic N) is 6. The van der Waals surface area contributed by atoms with Crippen molar-refractivity contribution >= 4 is 29.4 Å². The molecule has 30 heavy (non-hydrogen) atoms.